The van der Waals surface area contributed by atoms with Crippen LogP contribution in [-0.2, 0) is 0 Å². The summed E-state index contributed by atoms with van der Waals surface area (Å²) < 4.78 is 0. The molecule has 17 heavy (non-hydrogen) atoms. The number of hydrogen-bond donors (Lipinski definition) is 1. The molecule has 0 aromatic rings. The topological polar surface area (TPSA) is 12.0 Å². The van der Waals surface area contributed by atoms with Crippen LogP contribution in [0, 0.1) is 11.8 Å². The van der Waals surface area contributed by atoms with Gasteiger partial charge in [0.25, 0.3) is 0 Å². The maximum atomic E-state index is 3.94. The van der Waals surface area contributed by atoms with Crippen LogP contribution >= 0.6 is 0 Å². The zero-order valence-electron chi connectivity index (χ0n) is 11.9. The molecular formula is C16H31N. The van der Waals surface area contributed by atoms with E-state index in [-0.39, 0.29) is 0 Å². The predicted molar refractivity (Wildman–Crippen MR) is 75.2 cm³/mol. The van der Waals surface area contributed by atoms with Gasteiger partial charge in [0, 0.05) is 12.1 Å². The van der Waals surface area contributed by atoms with Gasteiger partial charge in [-0.2, -0.15) is 0 Å². The van der Waals surface area contributed by atoms with E-state index in [1.807, 2.05) is 0 Å². The minimum absolute atomic E-state index is 0.815. The molecule has 2 aliphatic carbocycles. The van der Waals surface area contributed by atoms with Crippen LogP contribution in [0.3, 0.4) is 0 Å². The van der Waals surface area contributed by atoms with Gasteiger partial charge in [-0.1, -0.05) is 39.5 Å². The summed E-state index contributed by atoms with van der Waals surface area (Å²) in [5.41, 5.74) is 0. The molecule has 1 N–H and O–H groups in total. The van der Waals surface area contributed by atoms with Crippen molar-refractivity contribution in [1.29, 1.82) is 0 Å². The highest BCUT2D eigenvalue weighted by Crippen LogP contribution is 2.35. The fourth-order valence-electron chi connectivity index (χ4n) is 3.47. The SMILES string of the molecule is CCCC1CCC(NC(CC)CC2CC2)CC1. The van der Waals surface area contributed by atoms with Gasteiger partial charge in [-0.3, -0.25) is 0 Å². The number of rotatable bonds is 7. The monoisotopic (exact) mass is 237 g/mol. The Hall–Kier alpha value is -0.0400. The zero-order valence-corrected chi connectivity index (χ0v) is 11.9. The molecule has 1 unspecified atom stereocenters. The number of nitrogens with one attached hydrogen (secondary N) is 1. The van der Waals surface area contributed by atoms with Crippen molar-refractivity contribution < 1.29 is 0 Å². The van der Waals surface area contributed by atoms with Gasteiger partial charge in [0.2, 0.25) is 0 Å². The molecule has 2 saturated carbocycles. The van der Waals surface area contributed by atoms with Crippen molar-refractivity contribution >= 4 is 0 Å². The fourth-order valence-corrected chi connectivity index (χ4v) is 3.47. The molecule has 0 aromatic carbocycles. The van der Waals surface area contributed by atoms with Gasteiger partial charge >= 0.3 is 0 Å². The molecule has 1 nitrogen and oxygen atoms in total. The van der Waals surface area contributed by atoms with Crippen LogP contribution < -0.4 is 5.32 Å². The normalized spacial score (nSPS) is 31.4. The van der Waals surface area contributed by atoms with Crippen molar-refractivity contribution in [2.24, 2.45) is 11.8 Å². The summed E-state index contributed by atoms with van der Waals surface area (Å²) in [6.45, 7) is 4.68. The Balaban J connectivity index is 1.65. The maximum absolute atomic E-state index is 3.94. The second-order valence-electron chi connectivity index (χ2n) is 6.46. The Morgan fingerprint density at radius 3 is 2.12 bits per heavy atom. The molecule has 2 fully saturated rings. The summed E-state index contributed by atoms with van der Waals surface area (Å²) in [5.74, 6) is 2.12. The van der Waals surface area contributed by atoms with Gasteiger partial charge in [-0.15, -0.1) is 0 Å². The smallest absolute Gasteiger partial charge is 0.00698 e. The van der Waals surface area contributed by atoms with Crippen LogP contribution in [-0.4, -0.2) is 12.1 Å². The Kier molecular flexibility index (Phi) is 5.34. The van der Waals surface area contributed by atoms with Crippen molar-refractivity contribution in [3.05, 3.63) is 0 Å². The second-order valence-corrected chi connectivity index (χ2v) is 6.46. The van der Waals surface area contributed by atoms with Crippen molar-refractivity contribution in [2.45, 2.75) is 90.1 Å². The summed E-state index contributed by atoms with van der Waals surface area (Å²) in [6, 6.07) is 1.65. The first-order valence-corrected chi connectivity index (χ1v) is 8.07. The molecule has 1 heteroatoms. The molecule has 0 bridgehead atoms. The molecule has 100 valence electrons. The van der Waals surface area contributed by atoms with Crippen LogP contribution in [0.5, 0.6) is 0 Å². The molecule has 0 aromatic heterocycles. The van der Waals surface area contributed by atoms with Crippen LogP contribution in [0.4, 0.5) is 0 Å². The molecule has 2 rings (SSSR count). The van der Waals surface area contributed by atoms with Gasteiger partial charge in [0.15, 0.2) is 0 Å². The average molecular weight is 237 g/mol. The van der Waals surface area contributed by atoms with E-state index >= 15 is 0 Å². The van der Waals surface area contributed by atoms with E-state index < -0.39 is 0 Å². The van der Waals surface area contributed by atoms with Crippen molar-refractivity contribution in [3.8, 4) is 0 Å². The standard InChI is InChI=1S/C16H31N/c1-3-5-13-8-10-16(11-9-13)17-15(4-2)12-14-6-7-14/h13-17H,3-12H2,1-2H3. The van der Waals surface area contributed by atoms with E-state index in [0.717, 1.165) is 23.9 Å². The molecule has 0 aliphatic heterocycles. The Labute approximate surface area is 108 Å². The molecule has 2 aliphatic rings. The lowest BCUT2D eigenvalue weighted by molar-refractivity contribution is 0.254. The highest BCUT2D eigenvalue weighted by atomic mass is 14.9. The van der Waals surface area contributed by atoms with E-state index in [1.54, 1.807) is 0 Å². The summed E-state index contributed by atoms with van der Waals surface area (Å²) in [5, 5.41) is 3.94. The first kappa shape index (κ1) is 13.4. The number of hydrogen-bond acceptors (Lipinski definition) is 1. The van der Waals surface area contributed by atoms with Gasteiger partial charge in [0.05, 0.1) is 0 Å². The van der Waals surface area contributed by atoms with Gasteiger partial charge in [-0.05, 0) is 50.4 Å². The largest absolute Gasteiger partial charge is 0.311 e. The molecule has 0 amide bonds. The van der Waals surface area contributed by atoms with E-state index in [9.17, 15) is 0 Å². The summed E-state index contributed by atoms with van der Waals surface area (Å²) in [4.78, 5) is 0. The van der Waals surface area contributed by atoms with E-state index in [1.165, 1.54) is 64.2 Å². The van der Waals surface area contributed by atoms with Gasteiger partial charge in [-0.25, -0.2) is 0 Å². The molecule has 1 atom stereocenters. The van der Waals surface area contributed by atoms with Crippen molar-refractivity contribution in [3.63, 3.8) is 0 Å². The highest BCUT2D eigenvalue weighted by Gasteiger charge is 2.27. The summed E-state index contributed by atoms with van der Waals surface area (Å²) in [6.07, 6.45) is 14.4. The van der Waals surface area contributed by atoms with Gasteiger partial charge < -0.3 is 5.32 Å². The average Bonchev–Trinajstić information content (AvgIpc) is 3.15. The van der Waals surface area contributed by atoms with Crippen LogP contribution in [0.25, 0.3) is 0 Å². The quantitative estimate of drug-likeness (QED) is 0.687. The first-order valence-electron chi connectivity index (χ1n) is 8.07. The minimum Gasteiger partial charge on any atom is -0.311 e. The summed E-state index contributed by atoms with van der Waals surface area (Å²) >= 11 is 0. The molecule has 0 spiro atoms. The molecule has 0 heterocycles. The molecular weight excluding hydrogens is 206 g/mol. The van der Waals surface area contributed by atoms with Gasteiger partial charge in [0.1, 0.15) is 0 Å². The van der Waals surface area contributed by atoms with Crippen LogP contribution in [0.2, 0.25) is 0 Å². The highest BCUT2D eigenvalue weighted by molar-refractivity contribution is 4.84. The van der Waals surface area contributed by atoms with E-state index in [4.69, 9.17) is 0 Å². The lowest BCUT2D eigenvalue weighted by Crippen LogP contribution is -2.40. The third kappa shape index (κ3) is 4.62. The zero-order chi connectivity index (χ0) is 12.1. The molecule has 0 radical (unpaired) electrons. The third-order valence-corrected chi connectivity index (χ3v) is 4.82. The predicted octanol–water partition coefficient (Wildman–Crippen LogP) is 4.51. The fraction of sp³-hybridized carbons (Fsp3) is 1.00. The summed E-state index contributed by atoms with van der Waals surface area (Å²) in [7, 11) is 0. The lowest BCUT2D eigenvalue weighted by atomic mass is 9.83. The van der Waals surface area contributed by atoms with Crippen molar-refractivity contribution in [2.75, 3.05) is 0 Å². The Morgan fingerprint density at radius 2 is 1.59 bits per heavy atom. The Bertz CT molecular complexity index is 202. The van der Waals surface area contributed by atoms with Crippen LogP contribution in [0.1, 0.15) is 78.1 Å². The minimum atomic E-state index is 0.815. The second kappa shape index (κ2) is 6.78. The Morgan fingerprint density at radius 1 is 0.941 bits per heavy atom. The third-order valence-electron chi connectivity index (χ3n) is 4.82. The maximum Gasteiger partial charge on any atom is 0.00698 e. The lowest BCUT2D eigenvalue weighted by Gasteiger charge is -2.32. The molecule has 0 saturated heterocycles. The van der Waals surface area contributed by atoms with Crippen LogP contribution in [0.15, 0.2) is 0 Å². The van der Waals surface area contributed by atoms with Crippen molar-refractivity contribution in [1.82, 2.24) is 5.32 Å². The van der Waals surface area contributed by atoms with E-state index in [0.29, 0.717) is 0 Å². The van der Waals surface area contributed by atoms with E-state index in [2.05, 4.69) is 19.2 Å². The first-order chi connectivity index (χ1) is 8.31.